The lowest BCUT2D eigenvalue weighted by Crippen LogP contribution is -2.25. The largest absolute Gasteiger partial charge is 0.489 e. The molecule has 0 fully saturated rings. The van der Waals surface area contributed by atoms with E-state index in [1.807, 2.05) is 48.5 Å². The molecular weight excluding hydrogens is 386 g/mol. The van der Waals surface area contributed by atoms with Gasteiger partial charge in [0.25, 0.3) is 0 Å². The number of halogens is 1. The van der Waals surface area contributed by atoms with E-state index in [1.165, 1.54) is 30.6 Å². The van der Waals surface area contributed by atoms with Gasteiger partial charge in [-0.15, -0.1) is 5.10 Å². The quantitative estimate of drug-likeness (QED) is 0.839. The molecule has 2 aromatic carbocycles. The average molecular weight is 404 g/mol. The number of hydrogen-bond donors (Lipinski definition) is 1. The van der Waals surface area contributed by atoms with Crippen molar-refractivity contribution in [2.24, 2.45) is 5.10 Å². The highest BCUT2D eigenvalue weighted by Gasteiger charge is 2.32. The van der Waals surface area contributed by atoms with E-state index in [9.17, 15) is 9.59 Å². The van der Waals surface area contributed by atoms with Gasteiger partial charge in [-0.05, 0) is 23.8 Å². The first-order valence-corrected chi connectivity index (χ1v) is 9.48. The molecule has 6 nitrogen and oxygen atoms in total. The number of nitrogens with one attached hydrogen (secondary N) is 1. The van der Waals surface area contributed by atoms with Crippen molar-refractivity contribution >= 4 is 40.3 Å². The van der Waals surface area contributed by atoms with Crippen LogP contribution in [0.25, 0.3) is 0 Å². The van der Waals surface area contributed by atoms with Crippen LogP contribution in [0.15, 0.2) is 53.6 Å². The number of hydrazone groups is 1. The van der Waals surface area contributed by atoms with Crippen molar-refractivity contribution in [3.05, 3.63) is 64.7 Å². The van der Waals surface area contributed by atoms with Crippen molar-refractivity contribution in [1.82, 2.24) is 10.3 Å². The van der Waals surface area contributed by atoms with Gasteiger partial charge in [-0.2, -0.15) is 0 Å². The van der Waals surface area contributed by atoms with Crippen LogP contribution in [0, 0.1) is 0 Å². The molecule has 0 bridgehead atoms. The molecule has 1 aliphatic rings. The summed E-state index contributed by atoms with van der Waals surface area (Å²) in [6, 6.07) is 14.9. The van der Waals surface area contributed by atoms with Crippen LogP contribution in [0.4, 0.5) is 0 Å². The zero-order valence-electron chi connectivity index (χ0n) is 14.8. The maximum Gasteiger partial charge on any atom is 0.241 e. The molecule has 140 valence electrons. The van der Waals surface area contributed by atoms with Gasteiger partial charge in [0.1, 0.15) is 17.7 Å². The van der Waals surface area contributed by atoms with E-state index in [4.69, 9.17) is 16.3 Å². The van der Waals surface area contributed by atoms with E-state index in [0.29, 0.717) is 22.5 Å². The summed E-state index contributed by atoms with van der Waals surface area (Å²) in [7, 11) is 0. The lowest BCUT2D eigenvalue weighted by Gasteiger charge is -2.20. The standard InChI is InChI=1S/C19H18ClN3O3S/c1-12(24)21-19-22-23(13(2)25)18(27-19)14-7-5-8-16(10-14)26-11-15-6-3-4-9-17(15)20/h3-10,18H,11H2,1-2H3,(H,21,22,24)/t18-/m1/s1. The predicted octanol–water partition coefficient (Wildman–Crippen LogP) is 3.92. The Hall–Kier alpha value is -2.51. The topological polar surface area (TPSA) is 71.0 Å². The number of carbonyl (C=O) groups is 2. The maximum absolute atomic E-state index is 11.9. The van der Waals surface area contributed by atoms with Crippen LogP contribution in [0.2, 0.25) is 5.02 Å². The molecule has 1 N–H and O–H groups in total. The summed E-state index contributed by atoms with van der Waals surface area (Å²) in [6.45, 7) is 3.17. The van der Waals surface area contributed by atoms with Crippen LogP contribution in [0.5, 0.6) is 5.75 Å². The molecule has 0 aromatic heterocycles. The molecule has 1 aliphatic heterocycles. The maximum atomic E-state index is 11.9. The number of nitrogens with zero attached hydrogens (tertiary/aromatic N) is 2. The van der Waals surface area contributed by atoms with E-state index in [-0.39, 0.29) is 17.2 Å². The van der Waals surface area contributed by atoms with Crippen molar-refractivity contribution in [2.75, 3.05) is 0 Å². The fourth-order valence-electron chi connectivity index (χ4n) is 2.51. The fraction of sp³-hybridized carbons (Fsp3) is 0.211. The van der Waals surface area contributed by atoms with Gasteiger partial charge in [-0.1, -0.05) is 53.7 Å². The number of thioether (sulfide) groups is 1. The van der Waals surface area contributed by atoms with E-state index in [1.54, 1.807) is 0 Å². The smallest absolute Gasteiger partial charge is 0.241 e. The molecule has 0 radical (unpaired) electrons. The van der Waals surface area contributed by atoms with Crippen LogP contribution in [-0.2, 0) is 16.2 Å². The molecule has 2 amide bonds. The van der Waals surface area contributed by atoms with Gasteiger partial charge in [0, 0.05) is 24.4 Å². The van der Waals surface area contributed by atoms with Crippen molar-refractivity contribution < 1.29 is 14.3 Å². The number of carbonyl (C=O) groups excluding carboxylic acids is 2. The minimum absolute atomic E-state index is 0.213. The molecule has 0 unspecified atom stereocenters. The normalized spacial score (nSPS) is 16.0. The summed E-state index contributed by atoms with van der Waals surface area (Å²) in [4.78, 5) is 23.2. The Morgan fingerprint density at radius 1 is 1.22 bits per heavy atom. The highest BCUT2D eigenvalue weighted by atomic mass is 35.5. The molecule has 8 heteroatoms. The number of benzene rings is 2. The minimum atomic E-state index is -0.367. The van der Waals surface area contributed by atoms with Crippen molar-refractivity contribution in [3.63, 3.8) is 0 Å². The van der Waals surface area contributed by atoms with Crippen LogP contribution >= 0.6 is 23.4 Å². The molecule has 0 saturated carbocycles. The molecule has 0 spiro atoms. The molecule has 0 aliphatic carbocycles. The minimum Gasteiger partial charge on any atom is -0.489 e. The Balaban J connectivity index is 1.75. The third kappa shape index (κ3) is 4.81. The highest BCUT2D eigenvalue weighted by molar-refractivity contribution is 8.14. The van der Waals surface area contributed by atoms with Crippen LogP contribution in [-0.4, -0.2) is 22.0 Å². The summed E-state index contributed by atoms with van der Waals surface area (Å²) in [5.74, 6) is 0.210. The average Bonchev–Trinajstić information content (AvgIpc) is 3.05. The predicted molar refractivity (Wildman–Crippen MR) is 106 cm³/mol. The van der Waals surface area contributed by atoms with Crippen molar-refractivity contribution in [2.45, 2.75) is 25.8 Å². The van der Waals surface area contributed by atoms with E-state index in [2.05, 4.69) is 10.4 Å². The Kier molecular flexibility index (Phi) is 6.03. The zero-order valence-corrected chi connectivity index (χ0v) is 16.4. The van der Waals surface area contributed by atoms with Gasteiger partial charge in [0.2, 0.25) is 11.8 Å². The van der Waals surface area contributed by atoms with Crippen molar-refractivity contribution in [3.8, 4) is 5.75 Å². The number of amides is 2. The zero-order chi connectivity index (χ0) is 19.4. The second-order valence-corrected chi connectivity index (χ2v) is 7.35. The van der Waals surface area contributed by atoms with E-state index < -0.39 is 0 Å². The third-order valence-corrected chi connectivity index (χ3v) is 5.22. The first kappa shape index (κ1) is 19.3. The van der Waals surface area contributed by atoms with E-state index >= 15 is 0 Å². The van der Waals surface area contributed by atoms with Crippen molar-refractivity contribution in [1.29, 1.82) is 0 Å². The third-order valence-electron chi connectivity index (χ3n) is 3.74. The summed E-state index contributed by atoms with van der Waals surface area (Å²) in [6.07, 6.45) is 0. The van der Waals surface area contributed by atoms with E-state index in [0.717, 1.165) is 11.1 Å². The number of amidine groups is 1. The second-order valence-electron chi connectivity index (χ2n) is 5.87. The van der Waals surface area contributed by atoms with Gasteiger partial charge in [0.15, 0.2) is 5.17 Å². The Bertz CT molecular complexity index is 903. The monoisotopic (exact) mass is 403 g/mol. The molecular formula is C19H18ClN3O3S. The second kappa shape index (κ2) is 8.45. The molecule has 27 heavy (non-hydrogen) atoms. The summed E-state index contributed by atoms with van der Waals surface area (Å²) in [5.41, 5.74) is 1.73. The van der Waals surface area contributed by atoms with Crippen LogP contribution < -0.4 is 10.1 Å². The van der Waals surface area contributed by atoms with Crippen LogP contribution in [0.3, 0.4) is 0 Å². The Morgan fingerprint density at radius 2 is 2.00 bits per heavy atom. The summed E-state index contributed by atoms with van der Waals surface area (Å²) in [5, 5.41) is 8.85. The van der Waals surface area contributed by atoms with Gasteiger partial charge in [-0.3, -0.25) is 9.59 Å². The molecule has 1 heterocycles. The van der Waals surface area contributed by atoms with Gasteiger partial charge in [-0.25, -0.2) is 5.01 Å². The first-order valence-electron chi connectivity index (χ1n) is 8.23. The van der Waals surface area contributed by atoms with Gasteiger partial charge >= 0.3 is 0 Å². The summed E-state index contributed by atoms with van der Waals surface area (Å²) >= 11 is 7.46. The SMILES string of the molecule is CC(=O)NC1=NN(C(C)=O)[C@@H](c2cccc(OCc3ccccc3Cl)c2)S1. The van der Waals surface area contributed by atoms with Crippen LogP contribution in [0.1, 0.15) is 30.3 Å². The molecule has 0 saturated heterocycles. The molecule has 3 rings (SSSR count). The lowest BCUT2D eigenvalue weighted by atomic mass is 10.2. The van der Waals surface area contributed by atoms with Gasteiger partial charge < -0.3 is 10.1 Å². The fourth-order valence-corrected chi connectivity index (χ4v) is 3.83. The Morgan fingerprint density at radius 3 is 2.70 bits per heavy atom. The first-order chi connectivity index (χ1) is 12.9. The van der Waals surface area contributed by atoms with Gasteiger partial charge in [0.05, 0.1) is 0 Å². The summed E-state index contributed by atoms with van der Waals surface area (Å²) < 4.78 is 5.86. The Labute approximate surface area is 166 Å². The number of rotatable bonds is 4. The molecule has 2 aromatic rings. The number of hydrogen-bond acceptors (Lipinski definition) is 5. The number of ether oxygens (including phenoxy) is 1. The highest BCUT2D eigenvalue weighted by Crippen LogP contribution is 2.39. The lowest BCUT2D eigenvalue weighted by molar-refractivity contribution is -0.129. The molecule has 1 atom stereocenters.